The van der Waals surface area contributed by atoms with Crippen LogP contribution in [-0.4, -0.2) is 40.1 Å². The molecule has 1 aliphatic carbocycles. The third-order valence-electron chi connectivity index (χ3n) is 5.25. The number of methoxy groups -OCH3 is 1. The number of nitrogens with zero attached hydrogens (tertiary/aromatic N) is 1. The predicted molar refractivity (Wildman–Crippen MR) is 98.2 cm³/mol. The molecule has 0 radical (unpaired) electrons. The molecule has 1 aliphatic heterocycles. The van der Waals surface area contributed by atoms with Crippen LogP contribution in [0.1, 0.15) is 37.7 Å². The fourth-order valence-corrected chi connectivity index (χ4v) is 3.69. The van der Waals surface area contributed by atoms with Gasteiger partial charge < -0.3 is 24.8 Å². The fourth-order valence-electron chi connectivity index (χ4n) is 3.69. The second-order valence-corrected chi connectivity index (χ2v) is 6.92. The minimum Gasteiger partial charge on any atom is -0.454 e. The Labute approximate surface area is 149 Å². The molecule has 25 heavy (non-hydrogen) atoms. The summed E-state index contributed by atoms with van der Waals surface area (Å²) in [4.78, 5) is 4.36. The van der Waals surface area contributed by atoms with Crippen molar-refractivity contribution in [2.45, 2.75) is 38.6 Å². The van der Waals surface area contributed by atoms with Gasteiger partial charge in [-0.15, -0.1) is 0 Å². The average molecular weight is 347 g/mol. The Morgan fingerprint density at radius 2 is 2.00 bits per heavy atom. The molecule has 6 nitrogen and oxygen atoms in total. The van der Waals surface area contributed by atoms with E-state index in [1.165, 1.54) is 25.7 Å². The highest BCUT2D eigenvalue weighted by molar-refractivity contribution is 5.79. The first-order valence-corrected chi connectivity index (χ1v) is 9.07. The minimum absolute atomic E-state index is 0.305. The first-order chi connectivity index (χ1) is 12.2. The molecule has 0 bridgehead atoms. The van der Waals surface area contributed by atoms with Crippen molar-refractivity contribution < 1.29 is 14.2 Å². The van der Waals surface area contributed by atoms with Gasteiger partial charge in [0, 0.05) is 33.9 Å². The summed E-state index contributed by atoms with van der Waals surface area (Å²) in [5, 5.41) is 6.90. The van der Waals surface area contributed by atoms with E-state index in [1.807, 2.05) is 25.2 Å². The van der Waals surface area contributed by atoms with Crippen molar-refractivity contribution in [1.82, 2.24) is 10.6 Å². The van der Waals surface area contributed by atoms with Gasteiger partial charge >= 0.3 is 0 Å². The number of benzene rings is 1. The summed E-state index contributed by atoms with van der Waals surface area (Å²) in [5.74, 6) is 2.46. The number of nitrogens with one attached hydrogen (secondary N) is 2. The summed E-state index contributed by atoms with van der Waals surface area (Å²) in [6, 6.07) is 6.01. The van der Waals surface area contributed by atoms with E-state index in [0.29, 0.717) is 18.8 Å². The molecule has 0 spiro atoms. The van der Waals surface area contributed by atoms with Crippen LogP contribution in [0.15, 0.2) is 23.2 Å². The summed E-state index contributed by atoms with van der Waals surface area (Å²) in [6.07, 6.45) is 6.27. The fraction of sp³-hybridized carbons (Fsp3) is 0.632. The lowest BCUT2D eigenvalue weighted by Crippen LogP contribution is -2.43. The van der Waals surface area contributed by atoms with Crippen LogP contribution in [0.5, 0.6) is 11.5 Å². The third-order valence-corrected chi connectivity index (χ3v) is 5.25. The van der Waals surface area contributed by atoms with Gasteiger partial charge in [0.2, 0.25) is 6.79 Å². The number of rotatable bonds is 7. The summed E-state index contributed by atoms with van der Waals surface area (Å²) < 4.78 is 16.1. The molecule has 1 heterocycles. The molecule has 6 heteroatoms. The Morgan fingerprint density at radius 1 is 1.20 bits per heavy atom. The Balaban J connectivity index is 1.51. The monoisotopic (exact) mass is 347 g/mol. The highest BCUT2D eigenvalue weighted by Gasteiger charge is 2.33. The van der Waals surface area contributed by atoms with Gasteiger partial charge in [0.25, 0.3) is 0 Å². The van der Waals surface area contributed by atoms with Crippen molar-refractivity contribution in [2.24, 2.45) is 10.4 Å². The van der Waals surface area contributed by atoms with Gasteiger partial charge in [-0.1, -0.05) is 18.9 Å². The predicted octanol–water partition coefficient (Wildman–Crippen LogP) is 2.68. The Hall–Kier alpha value is -1.95. The lowest BCUT2D eigenvalue weighted by atomic mass is 9.83. The van der Waals surface area contributed by atoms with E-state index < -0.39 is 0 Å². The Morgan fingerprint density at radius 3 is 2.76 bits per heavy atom. The molecule has 1 aromatic carbocycles. The molecular weight excluding hydrogens is 318 g/mol. The number of guanidine groups is 1. The van der Waals surface area contributed by atoms with Gasteiger partial charge in [0.1, 0.15) is 0 Å². The normalized spacial score (nSPS) is 18.4. The molecule has 0 amide bonds. The maximum Gasteiger partial charge on any atom is 0.231 e. The summed E-state index contributed by atoms with van der Waals surface area (Å²) in [7, 11) is 3.59. The van der Waals surface area contributed by atoms with E-state index in [2.05, 4.69) is 15.6 Å². The number of hydrogen-bond donors (Lipinski definition) is 2. The summed E-state index contributed by atoms with van der Waals surface area (Å²) in [5.41, 5.74) is 1.48. The van der Waals surface area contributed by atoms with E-state index in [-0.39, 0.29) is 0 Å². The van der Waals surface area contributed by atoms with Crippen LogP contribution >= 0.6 is 0 Å². The van der Waals surface area contributed by atoms with Crippen LogP contribution in [0.3, 0.4) is 0 Å². The molecule has 1 aromatic rings. The van der Waals surface area contributed by atoms with E-state index in [0.717, 1.165) is 42.6 Å². The second-order valence-electron chi connectivity index (χ2n) is 6.92. The number of aliphatic imine (C=N–C) groups is 1. The number of hydrogen-bond acceptors (Lipinski definition) is 4. The maximum atomic E-state index is 5.43. The molecule has 1 saturated carbocycles. The van der Waals surface area contributed by atoms with Gasteiger partial charge in [0.15, 0.2) is 17.5 Å². The first-order valence-electron chi connectivity index (χ1n) is 9.07. The molecule has 2 N–H and O–H groups in total. The van der Waals surface area contributed by atoms with Crippen LogP contribution in [0, 0.1) is 5.41 Å². The van der Waals surface area contributed by atoms with Crippen LogP contribution in [-0.2, 0) is 11.3 Å². The van der Waals surface area contributed by atoms with Crippen molar-refractivity contribution >= 4 is 5.96 Å². The molecule has 2 aliphatic rings. The van der Waals surface area contributed by atoms with Crippen molar-refractivity contribution in [3.8, 4) is 11.5 Å². The van der Waals surface area contributed by atoms with Crippen LogP contribution in [0.25, 0.3) is 0 Å². The quantitative estimate of drug-likeness (QED) is 0.586. The largest absolute Gasteiger partial charge is 0.454 e. The van der Waals surface area contributed by atoms with Gasteiger partial charge in [-0.05, 0) is 42.4 Å². The molecule has 0 atom stereocenters. The van der Waals surface area contributed by atoms with Gasteiger partial charge in [0.05, 0.1) is 0 Å². The topological polar surface area (TPSA) is 64.1 Å². The standard InChI is InChI=1S/C19H29N3O3/c1-20-18(22-13-19(9-10-23-2)7-3-4-8-19)21-12-15-5-6-16-17(11-15)25-14-24-16/h5-6,11H,3-4,7-10,12-14H2,1-2H3,(H2,20,21,22). The van der Waals surface area contributed by atoms with Crippen molar-refractivity contribution in [3.05, 3.63) is 23.8 Å². The van der Waals surface area contributed by atoms with E-state index >= 15 is 0 Å². The SMILES string of the molecule is CN=C(NCc1ccc2c(c1)OCO2)NCC1(CCOC)CCCC1. The second kappa shape index (κ2) is 8.43. The maximum absolute atomic E-state index is 5.43. The first kappa shape index (κ1) is 17.9. The van der Waals surface area contributed by atoms with E-state index in [1.54, 1.807) is 7.11 Å². The van der Waals surface area contributed by atoms with Crippen LogP contribution < -0.4 is 20.1 Å². The van der Waals surface area contributed by atoms with Crippen molar-refractivity contribution in [2.75, 3.05) is 34.1 Å². The van der Waals surface area contributed by atoms with Gasteiger partial charge in [-0.2, -0.15) is 0 Å². The molecular formula is C19H29N3O3. The zero-order valence-corrected chi connectivity index (χ0v) is 15.3. The molecule has 0 aromatic heterocycles. The zero-order valence-electron chi connectivity index (χ0n) is 15.3. The molecule has 138 valence electrons. The molecule has 1 fully saturated rings. The molecule has 0 unspecified atom stereocenters. The smallest absolute Gasteiger partial charge is 0.231 e. The van der Waals surface area contributed by atoms with Gasteiger partial charge in [-0.3, -0.25) is 4.99 Å². The van der Waals surface area contributed by atoms with E-state index in [9.17, 15) is 0 Å². The Bertz CT molecular complexity index is 598. The summed E-state index contributed by atoms with van der Waals surface area (Å²) >= 11 is 0. The lowest BCUT2D eigenvalue weighted by molar-refractivity contribution is 0.138. The lowest BCUT2D eigenvalue weighted by Gasteiger charge is -2.30. The zero-order chi connectivity index (χ0) is 17.5. The molecule has 0 saturated heterocycles. The number of ether oxygens (including phenoxy) is 3. The Kier molecular flexibility index (Phi) is 6.02. The molecule has 3 rings (SSSR count). The third kappa shape index (κ3) is 4.57. The van der Waals surface area contributed by atoms with Crippen molar-refractivity contribution in [1.29, 1.82) is 0 Å². The number of fused-ring (bicyclic) bond motifs is 1. The van der Waals surface area contributed by atoms with Crippen molar-refractivity contribution in [3.63, 3.8) is 0 Å². The minimum atomic E-state index is 0.305. The highest BCUT2D eigenvalue weighted by atomic mass is 16.7. The summed E-state index contributed by atoms with van der Waals surface area (Å²) in [6.45, 7) is 2.77. The van der Waals surface area contributed by atoms with E-state index in [4.69, 9.17) is 14.2 Å². The van der Waals surface area contributed by atoms with Crippen LogP contribution in [0.4, 0.5) is 0 Å². The van der Waals surface area contributed by atoms with Crippen LogP contribution in [0.2, 0.25) is 0 Å². The van der Waals surface area contributed by atoms with Gasteiger partial charge in [-0.25, -0.2) is 0 Å². The average Bonchev–Trinajstić information content (AvgIpc) is 3.29. The highest BCUT2D eigenvalue weighted by Crippen LogP contribution is 2.40.